The molecule has 0 aliphatic heterocycles. The summed E-state index contributed by atoms with van der Waals surface area (Å²) in [4.78, 5) is 12.0. The highest BCUT2D eigenvalue weighted by molar-refractivity contribution is 6.74. The van der Waals surface area contributed by atoms with Crippen molar-refractivity contribution in [2.24, 2.45) is 5.92 Å². The molecule has 0 unspecified atom stereocenters. The molecular weight excluding hydrogens is 320 g/mol. The molecule has 4 nitrogen and oxygen atoms in total. The maximum absolute atomic E-state index is 12.0. The number of furan rings is 1. The van der Waals surface area contributed by atoms with Crippen molar-refractivity contribution in [2.75, 3.05) is 0 Å². The third-order valence-electron chi connectivity index (χ3n) is 4.93. The van der Waals surface area contributed by atoms with Crippen LogP contribution in [0.25, 0.3) is 0 Å². The summed E-state index contributed by atoms with van der Waals surface area (Å²) >= 11 is 0. The quantitative estimate of drug-likeness (QED) is 0.501. The number of Topliss-reactive ketones (excluding diaryl/α,β-unsaturated/α-hetero) is 1. The predicted molar refractivity (Wildman–Crippen MR) is 99.3 cm³/mol. The molecule has 1 aromatic heterocycles. The summed E-state index contributed by atoms with van der Waals surface area (Å²) in [6.45, 7) is 16.7. The lowest BCUT2D eigenvalue weighted by atomic mass is 9.95. The van der Waals surface area contributed by atoms with Crippen molar-refractivity contribution < 1.29 is 18.7 Å². The third-order valence-corrected chi connectivity index (χ3v) is 9.41. The number of ketones is 1. The van der Waals surface area contributed by atoms with Crippen molar-refractivity contribution in [1.29, 1.82) is 0 Å². The monoisotopic (exact) mass is 352 g/mol. The number of hydrogen-bond acceptors (Lipinski definition) is 4. The molecule has 2 atom stereocenters. The van der Waals surface area contributed by atoms with Crippen LogP contribution in [0.4, 0.5) is 0 Å². The molecule has 0 radical (unpaired) electrons. The summed E-state index contributed by atoms with van der Waals surface area (Å²) in [6.07, 6.45) is 1.80. The first kappa shape index (κ1) is 20.9. The van der Waals surface area contributed by atoms with E-state index >= 15 is 0 Å². The van der Waals surface area contributed by atoms with Crippen LogP contribution in [0.1, 0.15) is 58.2 Å². The van der Waals surface area contributed by atoms with Crippen molar-refractivity contribution in [3.8, 4) is 0 Å². The number of aliphatic hydroxyl groups excluding tert-OH is 1. The molecule has 1 heterocycles. The molecular formula is C19H32O4Si. The molecule has 0 amide bonds. The van der Waals surface area contributed by atoms with Gasteiger partial charge < -0.3 is 13.9 Å². The number of allylic oxidation sites excluding steroid dienone is 1. The molecule has 1 aromatic rings. The first-order valence-corrected chi connectivity index (χ1v) is 11.4. The lowest BCUT2D eigenvalue weighted by Crippen LogP contribution is -2.40. The fraction of sp³-hybridized carbons (Fsp3) is 0.632. The summed E-state index contributed by atoms with van der Waals surface area (Å²) in [5.41, 5.74) is 0. The van der Waals surface area contributed by atoms with E-state index in [-0.39, 0.29) is 10.8 Å². The minimum Gasteiger partial charge on any atom is -0.461 e. The second-order valence-corrected chi connectivity index (χ2v) is 12.7. The molecule has 24 heavy (non-hydrogen) atoms. The van der Waals surface area contributed by atoms with Crippen LogP contribution in [0.2, 0.25) is 18.1 Å². The van der Waals surface area contributed by atoms with Crippen LogP contribution in [0.15, 0.2) is 29.2 Å². The fourth-order valence-corrected chi connectivity index (χ4v) is 2.93. The zero-order valence-electron chi connectivity index (χ0n) is 15.9. The molecule has 1 N–H and O–H groups in total. The Hall–Kier alpha value is -1.17. The number of hydrogen-bond donors (Lipinski definition) is 1. The summed E-state index contributed by atoms with van der Waals surface area (Å²) in [7, 11) is -1.85. The van der Waals surface area contributed by atoms with E-state index in [9.17, 15) is 9.90 Å². The van der Waals surface area contributed by atoms with Gasteiger partial charge in [-0.2, -0.15) is 0 Å². The Bertz CT molecular complexity index is 554. The van der Waals surface area contributed by atoms with E-state index < -0.39 is 20.3 Å². The molecule has 0 aromatic carbocycles. The van der Waals surface area contributed by atoms with Crippen LogP contribution in [0.3, 0.4) is 0 Å². The normalized spacial score (nSPS) is 15.1. The van der Waals surface area contributed by atoms with E-state index in [0.717, 1.165) is 0 Å². The van der Waals surface area contributed by atoms with Crippen molar-refractivity contribution >= 4 is 14.1 Å². The second kappa shape index (κ2) is 8.27. The molecule has 0 saturated heterocycles. The van der Waals surface area contributed by atoms with Gasteiger partial charge in [-0.1, -0.05) is 33.8 Å². The summed E-state index contributed by atoms with van der Waals surface area (Å²) < 4.78 is 11.8. The molecule has 0 aliphatic rings. The standard InChI is InChI=1S/C19H32O4Si/c1-8-9-10-16(20)14(2)18(21)17-12-11-15(23-17)13-22-24(6,7)19(3,4)5/h8,11-12,14,18,21H,1,9-10,13H2,2-7H3/t14-,18+/m1/s1. The van der Waals surface area contributed by atoms with Gasteiger partial charge in [0, 0.05) is 12.3 Å². The average molecular weight is 353 g/mol. The molecule has 1 rings (SSSR count). The maximum Gasteiger partial charge on any atom is 0.192 e. The summed E-state index contributed by atoms with van der Waals surface area (Å²) in [5, 5.41) is 10.5. The second-order valence-electron chi connectivity index (χ2n) is 7.88. The van der Waals surface area contributed by atoms with E-state index in [2.05, 4.69) is 40.4 Å². The number of rotatable bonds is 9. The van der Waals surface area contributed by atoms with Crippen LogP contribution in [-0.2, 0) is 15.8 Å². The largest absolute Gasteiger partial charge is 0.461 e. The number of aliphatic hydroxyl groups is 1. The van der Waals surface area contributed by atoms with E-state index in [1.807, 2.05) is 6.07 Å². The zero-order chi connectivity index (χ0) is 18.5. The van der Waals surface area contributed by atoms with Crippen LogP contribution in [-0.4, -0.2) is 19.2 Å². The van der Waals surface area contributed by atoms with Crippen molar-refractivity contribution in [3.63, 3.8) is 0 Å². The van der Waals surface area contributed by atoms with E-state index in [0.29, 0.717) is 31.0 Å². The zero-order valence-corrected chi connectivity index (χ0v) is 16.9. The fourth-order valence-electron chi connectivity index (χ4n) is 1.99. The summed E-state index contributed by atoms with van der Waals surface area (Å²) in [5.74, 6) is 0.617. The Kier molecular flexibility index (Phi) is 7.20. The van der Waals surface area contributed by atoms with Gasteiger partial charge in [0.2, 0.25) is 0 Å². The van der Waals surface area contributed by atoms with Gasteiger partial charge in [-0.05, 0) is 36.7 Å². The van der Waals surface area contributed by atoms with Crippen molar-refractivity contribution in [1.82, 2.24) is 0 Å². The maximum atomic E-state index is 12.0. The molecule has 0 saturated carbocycles. The molecule has 0 bridgehead atoms. The lowest BCUT2D eigenvalue weighted by Gasteiger charge is -2.35. The van der Waals surface area contributed by atoms with Gasteiger partial charge in [0.1, 0.15) is 23.4 Å². The first-order valence-electron chi connectivity index (χ1n) is 8.54. The molecule has 0 fully saturated rings. The predicted octanol–water partition coefficient (Wildman–Crippen LogP) is 5.01. The lowest BCUT2D eigenvalue weighted by molar-refractivity contribution is -0.126. The Morgan fingerprint density at radius 2 is 2.04 bits per heavy atom. The van der Waals surface area contributed by atoms with Gasteiger partial charge >= 0.3 is 0 Å². The Labute approximate surface area is 147 Å². The minimum atomic E-state index is -1.85. The van der Waals surface area contributed by atoms with E-state index in [1.54, 1.807) is 19.1 Å². The van der Waals surface area contributed by atoms with Crippen LogP contribution >= 0.6 is 0 Å². The molecule has 0 aliphatic carbocycles. The van der Waals surface area contributed by atoms with Gasteiger partial charge in [0.25, 0.3) is 0 Å². The first-order chi connectivity index (χ1) is 11.0. The van der Waals surface area contributed by atoms with E-state index in [1.165, 1.54) is 0 Å². The Morgan fingerprint density at radius 1 is 1.42 bits per heavy atom. The topological polar surface area (TPSA) is 59.7 Å². The third kappa shape index (κ3) is 5.43. The Balaban J connectivity index is 2.68. The van der Waals surface area contributed by atoms with Crippen LogP contribution in [0, 0.1) is 5.92 Å². The average Bonchev–Trinajstić information content (AvgIpc) is 2.97. The van der Waals surface area contributed by atoms with Gasteiger partial charge in [-0.3, -0.25) is 4.79 Å². The van der Waals surface area contributed by atoms with Crippen LogP contribution in [0.5, 0.6) is 0 Å². The van der Waals surface area contributed by atoms with Gasteiger partial charge in [-0.15, -0.1) is 6.58 Å². The highest BCUT2D eigenvalue weighted by Gasteiger charge is 2.37. The summed E-state index contributed by atoms with van der Waals surface area (Å²) in [6, 6.07) is 3.54. The van der Waals surface area contributed by atoms with Crippen LogP contribution < -0.4 is 0 Å². The minimum absolute atomic E-state index is 0.0119. The number of carbonyl (C=O) groups excluding carboxylic acids is 1. The number of carbonyl (C=O) groups is 1. The molecule has 5 heteroatoms. The molecule has 0 spiro atoms. The smallest absolute Gasteiger partial charge is 0.192 e. The highest BCUT2D eigenvalue weighted by atomic mass is 28.4. The van der Waals surface area contributed by atoms with Gasteiger partial charge in [-0.25, -0.2) is 0 Å². The van der Waals surface area contributed by atoms with Gasteiger partial charge in [0.05, 0.1) is 6.61 Å². The van der Waals surface area contributed by atoms with E-state index in [4.69, 9.17) is 8.84 Å². The van der Waals surface area contributed by atoms with Crippen molar-refractivity contribution in [3.05, 3.63) is 36.3 Å². The van der Waals surface area contributed by atoms with Crippen molar-refractivity contribution in [2.45, 2.75) is 71.4 Å². The molecule has 136 valence electrons. The Morgan fingerprint density at radius 3 is 2.58 bits per heavy atom. The van der Waals surface area contributed by atoms with Gasteiger partial charge in [0.15, 0.2) is 8.32 Å². The highest BCUT2D eigenvalue weighted by Crippen LogP contribution is 2.37. The SMILES string of the molecule is C=CCCC(=O)[C@@H](C)[C@H](O)c1ccc(CO[Si](C)(C)C(C)(C)C)o1.